The lowest BCUT2D eigenvalue weighted by molar-refractivity contribution is -0.154. The number of rotatable bonds is 5. The summed E-state index contributed by atoms with van der Waals surface area (Å²) in [5, 5.41) is 2.69. The Kier molecular flexibility index (Phi) is 8.05. The Morgan fingerprint density at radius 3 is 2.48 bits per heavy atom. The minimum atomic E-state index is -0.740. The van der Waals surface area contributed by atoms with Gasteiger partial charge in [0.05, 0.1) is 7.11 Å². The van der Waals surface area contributed by atoms with Crippen LogP contribution >= 0.6 is 0 Å². The standard InChI is InChI=1S/C22H32N2O5/c1-22(2,3)29-21(27)23-17-13-9-6-10-14-24(19(17)25)18(20(26)28-4)15-16-11-7-5-8-12-16/h5,7-8,11-12,17-18H,6,9-10,13-15H2,1-4H3,(H,23,27)/t17-,18-/m0/s1. The second kappa shape index (κ2) is 10.3. The fourth-order valence-corrected chi connectivity index (χ4v) is 3.43. The number of esters is 1. The number of hydrogen-bond donors (Lipinski definition) is 1. The molecule has 1 aliphatic rings. The molecule has 29 heavy (non-hydrogen) atoms. The van der Waals surface area contributed by atoms with E-state index in [1.165, 1.54) is 7.11 Å². The molecule has 0 saturated carbocycles. The van der Waals surface area contributed by atoms with Gasteiger partial charge in [-0.25, -0.2) is 9.59 Å². The summed E-state index contributed by atoms with van der Waals surface area (Å²) >= 11 is 0. The molecule has 1 saturated heterocycles. The van der Waals surface area contributed by atoms with Crippen molar-refractivity contribution in [3.05, 3.63) is 35.9 Å². The number of alkyl carbamates (subject to hydrolysis) is 1. The van der Waals surface area contributed by atoms with E-state index in [9.17, 15) is 14.4 Å². The molecule has 0 unspecified atom stereocenters. The number of carbonyl (C=O) groups excluding carboxylic acids is 3. The second-order valence-corrected chi connectivity index (χ2v) is 8.31. The Labute approximate surface area is 172 Å². The first kappa shape index (κ1) is 22.7. The van der Waals surface area contributed by atoms with Crippen LogP contribution < -0.4 is 5.32 Å². The SMILES string of the molecule is COC(=O)[C@H](Cc1ccccc1)N1CCCCC[C@H](NC(=O)OC(C)(C)C)C1=O. The molecule has 7 nitrogen and oxygen atoms in total. The predicted octanol–water partition coefficient (Wildman–Crippen LogP) is 3.07. The first-order valence-corrected chi connectivity index (χ1v) is 10.1. The van der Waals surface area contributed by atoms with Gasteiger partial charge < -0.3 is 19.7 Å². The highest BCUT2D eigenvalue weighted by molar-refractivity contribution is 5.90. The molecule has 7 heteroatoms. The Morgan fingerprint density at radius 2 is 1.86 bits per heavy atom. The van der Waals surface area contributed by atoms with Crippen molar-refractivity contribution in [3.8, 4) is 0 Å². The first-order chi connectivity index (χ1) is 13.7. The molecule has 2 atom stereocenters. The van der Waals surface area contributed by atoms with E-state index < -0.39 is 29.7 Å². The number of carbonyl (C=O) groups is 3. The molecule has 160 valence electrons. The van der Waals surface area contributed by atoms with Crippen LogP contribution in [0.1, 0.15) is 52.0 Å². The zero-order valence-electron chi connectivity index (χ0n) is 17.8. The van der Waals surface area contributed by atoms with Crippen LogP contribution in [0.15, 0.2) is 30.3 Å². The smallest absolute Gasteiger partial charge is 0.408 e. The third kappa shape index (κ3) is 7.07. The van der Waals surface area contributed by atoms with Crippen LogP contribution in [-0.4, -0.2) is 54.2 Å². The fourth-order valence-electron chi connectivity index (χ4n) is 3.43. The molecular formula is C22H32N2O5. The van der Waals surface area contributed by atoms with E-state index in [4.69, 9.17) is 9.47 Å². The van der Waals surface area contributed by atoms with Gasteiger partial charge in [0.25, 0.3) is 0 Å². The van der Waals surface area contributed by atoms with Crippen LogP contribution in [0.25, 0.3) is 0 Å². The molecule has 0 aromatic heterocycles. The van der Waals surface area contributed by atoms with E-state index >= 15 is 0 Å². The van der Waals surface area contributed by atoms with Gasteiger partial charge in [-0.1, -0.05) is 43.2 Å². The highest BCUT2D eigenvalue weighted by atomic mass is 16.6. The van der Waals surface area contributed by atoms with Crippen molar-refractivity contribution in [1.82, 2.24) is 10.2 Å². The van der Waals surface area contributed by atoms with Crippen molar-refractivity contribution in [3.63, 3.8) is 0 Å². The molecule has 1 fully saturated rings. The van der Waals surface area contributed by atoms with E-state index in [1.54, 1.807) is 25.7 Å². The van der Waals surface area contributed by atoms with Crippen molar-refractivity contribution in [2.75, 3.05) is 13.7 Å². The lowest BCUT2D eigenvalue weighted by Gasteiger charge is -2.35. The van der Waals surface area contributed by atoms with Crippen LogP contribution in [0, 0.1) is 0 Å². The van der Waals surface area contributed by atoms with Crippen LogP contribution in [0.5, 0.6) is 0 Å². The van der Waals surface area contributed by atoms with Crippen LogP contribution in [-0.2, 0) is 25.5 Å². The van der Waals surface area contributed by atoms with Crippen LogP contribution in [0.2, 0.25) is 0 Å². The highest BCUT2D eigenvalue weighted by Gasteiger charge is 2.36. The van der Waals surface area contributed by atoms with Crippen molar-refractivity contribution in [2.45, 2.75) is 70.6 Å². The zero-order valence-corrected chi connectivity index (χ0v) is 17.8. The number of methoxy groups -OCH3 is 1. The van der Waals surface area contributed by atoms with Crippen LogP contribution in [0.3, 0.4) is 0 Å². The minimum absolute atomic E-state index is 0.276. The number of benzene rings is 1. The van der Waals surface area contributed by atoms with E-state index in [0.29, 0.717) is 19.4 Å². The Morgan fingerprint density at radius 1 is 1.17 bits per heavy atom. The van der Waals surface area contributed by atoms with Gasteiger partial charge in [-0.3, -0.25) is 4.79 Å². The van der Waals surface area contributed by atoms with Crippen molar-refractivity contribution >= 4 is 18.0 Å². The maximum atomic E-state index is 13.3. The third-order valence-electron chi connectivity index (χ3n) is 4.79. The molecule has 1 aromatic carbocycles. The Hall–Kier alpha value is -2.57. The summed E-state index contributed by atoms with van der Waals surface area (Å²) in [6, 6.07) is 8.06. The van der Waals surface area contributed by atoms with Gasteiger partial charge in [-0.2, -0.15) is 0 Å². The number of amides is 2. The van der Waals surface area contributed by atoms with Gasteiger partial charge in [0, 0.05) is 13.0 Å². The van der Waals surface area contributed by atoms with Gasteiger partial charge in [0.2, 0.25) is 5.91 Å². The maximum Gasteiger partial charge on any atom is 0.408 e. The molecular weight excluding hydrogens is 372 g/mol. The summed E-state index contributed by atoms with van der Waals surface area (Å²) in [6.45, 7) is 5.75. The van der Waals surface area contributed by atoms with Crippen molar-refractivity contribution in [2.24, 2.45) is 0 Å². The average molecular weight is 405 g/mol. The van der Waals surface area contributed by atoms with Crippen molar-refractivity contribution in [1.29, 1.82) is 0 Å². The summed E-state index contributed by atoms with van der Waals surface area (Å²) < 4.78 is 10.3. The molecule has 2 amide bonds. The lowest BCUT2D eigenvalue weighted by Crippen LogP contribution is -2.56. The fraction of sp³-hybridized carbons (Fsp3) is 0.591. The summed E-state index contributed by atoms with van der Waals surface area (Å²) in [6.07, 6.45) is 2.77. The van der Waals surface area contributed by atoms with Crippen molar-refractivity contribution < 1.29 is 23.9 Å². The topological polar surface area (TPSA) is 84.9 Å². The molecule has 0 radical (unpaired) electrons. The van der Waals surface area contributed by atoms with E-state index in [-0.39, 0.29) is 5.91 Å². The summed E-state index contributed by atoms with van der Waals surface area (Å²) in [5.41, 5.74) is 0.283. The molecule has 0 spiro atoms. The van der Waals surface area contributed by atoms with Gasteiger partial charge >= 0.3 is 12.1 Å². The highest BCUT2D eigenvalue weighted by Crippen LogP contribution is 2.19. The average Bonchev–Trinajstić information content (AvgIpc) is 2.65. The molecule has 1 aromatic rings. The lowest BCUT2D eigenvalue weighted by atomic mass is 9.99. The molecule has 1 aliphatic heterocycles. The quantitative estimate of drug-likeness (QED) is 0.763. The van der Waals surface area contributed by atoms with Gasteiger partial charge in [0.1, 0.15) is 17.7 Å². The number of nitrogens with one attached hydrogen (secondary N) is 1. The second-order valence-electron chi connectivity index (χ2n) is 8.31. The predicted molar refractivity (Wildman–Crippen MR) is 109 cm³/mol. The number of likely N-dealkylation sites (tertiary alicyclic amines) is 1. The summed E-state index contributed by atoms with van der Waals surface area (Å²) in [7, 11) is 1.32. The van der Waals surface area contributed by atoms with Gasteiger partial charge in [-0.05, 0) is 39.2 Å². The largest absolute Gasteiger partial charge is 0.467 e. The number of ether oxygens (including phenoxy) is 2. The monoisotopic (exact) mass is 404 g/mol. The number of hydrogen-bond acceptors (Lipinski definition) is 5. The first-order valence-electron chi connectivity index (χ1n) is 10.1. The molecule has 2 rings (SSSR count). The van der Waals surface area contributed by atoms with E-state index in [2.05, 4.69) is 5.32 Å². The molecule has 0 aliphatic carbocycles. The maximum absolute atomic E-state index is 13.3. The Bertz CT molecular complexity index is 699. The summed E-state index contributed by atoms with van der Waals surface area (Å²) in [4.78, 5) is 39.6. The third-order valence-corrected chi connectivity index (χ3v) is 4.79. The minimum Gasteiger partial charge on any atom is -0.467 e. The zero-order chi connectivity index (χ0) is 21.4. The molecule has 0 bridgehead atoms. The molecule has 1 heterocycles. The normalized spacial score (nSPS) is 19.0. The van der Waals surface area contributed by atoms with Gasteiger partial charge in [0.15, 0.2) is 0 Å². The van der Waals surface area contributed by atoms with E-state index in [1.807, 2.05) is 30.3 Å². The van der Waals surface area contributed by atoms with E-state index in [0.717, 1.165) is 24.8 Å². The molecule has 1 N–H and O–H groups in total. The van der Waals surface area contributed by atoms with Gasteiger partial charge in [-0.15, -0.1) is 0 Å². The van der Waals surface area contributed by atoms with Crippen LogP contribution in [0.4, 0.5) is 4.79 Å². The Balaban J connectivity index is 2.22. The summed E-state index contributed by atoms with van der Waals surface area (Å²) in [5.74, 6) is -0.735. The number of nitrogens with zero attached hydrogens (tertiary/aromatic N) is 1.